The molecule has 1 N–H and O–H groups in total. The van der Waals surface area contributed by atoms with Crippen molar-refractivity contribution in [1.82, 2.24) is 10.3 Å². The van der Waals surface area contributed by atoms with Crippen molar-refractivity contribution in [3.8, 4) is 0 Å². The highest BCUT2D eigenvalue weighted by atomic mass is 16.1. The standard InChI is InChI=1S/C10H14N2O/c1-3-10(13)12-8(2)9-5-4-6-11-7-9/h4-8H,3H2,1-2H3,(H,12,13)/t8-/m0/s1. The van der Waals surface area contributed by atoms with Gasteiger partial charge in [-0.15, -0.1) is 0 Å². The van der Waals surface area contributed by atoms with Crippen LogP contribution >= 0.6 is 0 Å². The van der Waals surface area contributed by atoms with E-state index in [1.54, 1.807) is 12.4 Å². The number of nitrogens with one attached hydrogen (secondary N) is 1. The van der Waals surface area contributed by atoms with Gasteiger partial charge in [0.05, 0.1) is 6.04 Å². The van der Waals surface area contributed by atoms with E-state index in [4.69, 9.17) is 0 Å². The van der Waals surface area contributed by atoms with Gasteiger partial charge in [-0.05, 0) is 18.6 Å². The van der Waals surface area contributed by atoms with E-state index >= 15 is 0 Å². The normalized spacial score (nSPS) is 12.2. The highest BCUT2D eigenvalue weighted by Crippen LogP contribution is 2.09. The Kier molecular flexibility index (Phi) is 3.43. The van der Waals surface area contributed by atoms with E-state index < -0.39 is 0 Å². The number of carbonyl (C=O) groups is 1. The molecule has 0 aliphatic carbocycles. The summed E-state index contributed by atoms with van der Waals surface area (Å²) in [5, 5.41) is 2.87. The van der Waals surface area contributed by atoms with Gasteiger partial charge in [0.1, 0.15) is 0 Å². The third-order valence-electron chi connectivity index (χ3n) is 1.88. The maximum absolute atomic E-state index is 11.1. The van der Waals surface area contributed by atoms with Crippen LogP contribution < -0.4 is 5.32 Å². The molecule has 1 heterocycles. The molecule has 1 rings (SSSR count). The number of nitrogens with zero attached hydrogens (tertiary/aromatic N) is 1. The van der Waals surface area contributed by atoms with Crippen molar-refractivity contribution in [3.05, 3.63) is 30.1 Å². The Balaban J connectivity index is 2.59. The first-order valence-corrected chi connectivity index (χ1v) is 4.43. The van der Waals surface area contributed by atoms with Crippen molar-refractivity contribution < 1.29 is 4.79 Å². The minimum Gasteiger partial charge on any atom is -0.350 e. The van der Waals surface area contributed by atoms with Crippen LogP contribution in [0.3, 0.4) is 0 Å². The highest BCUT2D eigenvalue weighted by Gasteiger charge is 2.06. The SMILES string of the molecule is CCC(=O)N[C@@H](C)c1cccnc1. The van der Waals surface area contributed by atoms with Gasteiger partial charge in [0.15, 0.2) is 0 Å². The van der Waals surface area contributed by atoms with Crippen LogP contribution in [0.25, 0.3) is 0 Å². The second kappa shape index (κ2) is 4.60. The van der Waals surface area contributed by atoms with Gasteiger partial charge in [-0.2, -0.15) is 0 Å². The van der Waals surface area contributed by atoms with Gasteiger partial charge >= 0.3 is 0 Å². The number of aromatic nitrogens is 1. The molecule has 0 unspecified atom stereocenters. The van der Waals surface area contributed by atoms with E-state index in [-0.39, 0.29) is 11.9 Å². The van der Waals surface area contributed by atoms with Crippen LogP contribution in [0.5, 0.6) is 0 Å². The molecule has 1 atom stereocenters. The molecule has 1 aromatic heterocycles. The average molecular weight is 178 g/mol. The zero-order valence-electron chi connectivity index (χ0n) is 7.95. The Bertz CT molecular complexity index is 272. The van der Waals surface area contributed by atoms with Crippen LogP contribution in [0.15, 0.2) is 24.5 Å². The summed E-state index contributed by atoms with van der Waals surface area (Å²) >= 11 is 0. The van der Waals surface area contributed by atoms with Crippen LogP contribution in [-0.4, -0.2) is 10.9 Å². The first-order chi connectivity index (χ1) is 6.24. The van der Waals surface area contributed by atoms with Crippen LogP contribution in [0, 0.1) is 0 Å². The van der Waals surface area contributed by atoms with Crippen molar-refractivity contribution in [3.63, 3.8) is 0 Å². The minimum absolute atomic E-state index is 0.0427. The van der Waals surface area contributed by atoms with Gasteiger partial charge < -0.3 is 5.32 Å². The lowest BCUT2D eigenvalue weighted by Gasteiger charge is -2.12. The highest BCUT2D eigenvalue weighted by molar-refractivity contribution is 5.75. The Hall–Kier alpha value is -1.38. The fourth-order valence-corrected chi connectivity index (χ4v) is 1.06. The molecule has 0 spiro atoms. The van der Waals surface area contributed by atoms with Crippen molar-refractivity contribution in [2.45, 2.75) is 26.3 Å². The second-order valence-electron chi connectivity index (χ2n) is 2.93. The molecule has 3 nitrogen and oxygen atoms in total. The summed E-state index contributed by atoms with van der Waals surface area (Å²) in [6, 6.07) is 3.86. The predicted molar refractivity (Wildman–Crippen MR) is 51.1 cm³/mol. The molecule has 0 bridgehead atoms. The molecule has 0 aromatic carbocycles. The molecular formula is C10H14N2O. The zero-order chi connectivity index (χ0) is 9.68. The Morgan fingerprint density at radius 3 is 3.00 bits per heavy atom. The molecule has 1 amide bonds. The average Bonchev–Trinajstić information content (AvgIpc) is 2.19. The topological polar surface area (TPSA) is 42.0 Å². The van der Waals surface area contributed by atoms with E-state index in [1.807, 2.05) is 26.0 Å². The van der Waals surface area contributed by atoms with Crippen molar-refractivity contribution >= 4 is 5.91 Å². The van der Waals surface area contributed by atoms with Crippen LogP contribution in [0.4, 0.5) is 0 Å². The number of pyridine rings is 1. The van der Waals surface area contributed by atoms with Gasteiger partial charge in [-0.25, -0.2) is 0 Å². The van der Waals surface area contributed by atoms with Crippen molar-refractivity contribution in [1.29, 1.82) is 0 Å². The molecule has 0 saturated heterocycles. The first-order valence-electron chi connectivity index (χ1n) is 4.43. The van der Waals surface area contributed by atoms with Crippen molar-refractivity contribution in [2.75, 3.05) is 0 Å². The maximum atomic E-state index is 11.1. The molecule has 1 aromatic rings. The quantitative estimate of drug-likeness (QED) is 0.765. The summed E-state index contributed by atoms with van der Waals surface area (Å²) in [5.74, 6) is 0.0661. The summed E-state index contributed by atoms with van der Waals surface area (Å²) in [4.78, 5) is 15.1. The molecule has 70 valence electrons. The smallest absolute Gasteiger partial charge is 0.220 e. The van der Waals surface area contributed by atoms with Gasteiger partial charge in [0.2, 0.25) is 5.91 Å². The third-order valence-corrected chi connectivity index (χ3v) is 1.88. The molecule has 0 aliphatic rings. The van der Waals surface area contributed by atoms with Crippen LogP contribution in [-0.2, 0) is 4.79 Å². The largest absolute Gasteiger partial charge is 0.350 e. The van der Waals surface area contributed by atoms with E-state index in [0.29, 0.717) is 6.42 Å². The lowest BCUT2D eigenvalue weighted by atomic mass is 10.1. The lowest BCUT2D eigenvalue weighted by molar-refractivity contribution is -0.121. The maximum Gasteiger partial charge on any atom is 0.220 e. The van der Waals surface area contributed by atoms with Gasteiger partial charge in [-0.1, -0.05) is 13.0 Å². The summed E-state index contributed by atoms with van der Waals surface area (Å²) in [6.07, 6.45) is 4.00. The number of hydrogen-bond acceptors (Lipinski definition) is 2. The summed E-state index contributed by atoms with van der Waals surface area (Å²) in [7, 11) is 0. The zero-order valence-corrected chi connectivity index (χ0v) is 7.95. The number of amides is 1. The van der Waals surface area contributed by atoms with E-state index in [0.717, 1.165) is 5.56 Å². The summed E-state index contributed by atoms with van der Waals surface area (Å²) < 4.78 is 0. The minimum atomic E-state index is 0.0427. The van der Waals surface area contributed by atoms with E-state index in [2.05, 4.69) is 10.3 Å². The summed E-state index contributed by atoms with van der Waals surface area (Å²) in [5.41, 5.74) is 1.03. The summed E-state index contributed by atoms with van der Waals surface area (Å²) in [6.45, 7) is 3.79. The second-order valence-corrected chi connectivity index (χ2v) is 2.93. The number of carbonyl (C=O) groups excluding carboxylic acids is 1. The molecule has 13 heavy (non-hydrogen) atoms. The fourth-order valence-electron chi connectivity index (χ4n) is 1.06. The van der Waals surface area contributed by atoms with Crippen molar-refractivity contribution in [2.24, 2.45) is 0 Å². The first kappa shape index (κ1) is 9.71. The Labute approximate surface area is 78.2 Å². The molecule has 0 aliphatic heterocycles. The fraction of sp³-hybridized carbons (Fsp3) is 0.400. The molecular weight excluding hydrogens is 164 g/mol. The monoisotopic (exact) mass is 178 g/mol. The number of rotatable bonds is 3. The molecule has 0 fully saturated rings. The van der Waals surface area contributed by atoms with Gasteiger partial charge in [-0.3, -0.25) is 9.78 Å². The van der Waals surface area contributed by atoms with Crippen LogP contribution in [0.1, 0.15) is 31.9 Å². The van der Waals surface area contributed by atoms with Crippen LogP contribution in [0.2, 0.25) is 0 Å². The Morgan fingerprint density at radius 2 is 2.46 bits per heavy atom. The molecule has 3 heteroatoms. The number of hydrogen-bond donors (Lipinski definition) is 1. The van der Waals surface area contributed by atoms with E-state index in [1.165, 1.54) is 0 Å². The molecule has 0 saturated carbocycles. The van der Waals surface area contributed by atoms with Gasteiger partial charge in [0, 0.05) is 18.8 Å². The Morgan fingerprint density at radius 1 is 1.69 bits per heavy atom. The lowest BCUT2D eigenvalue weighted by Crippen LogP contribution is -2.25. The van der Waals surface area contributed by atoms with Gasteiger partial charge in [0.25, 0.3) is 0 Å². The van der Waals surface area contributed by atoms with E-state index in [9.17, 15) is 4.79 Å². The molecule has 0 radical (unpaired) electrons. The predicted octanol–water partition coefficient (Wildman–Crippen LogP) is 1.67. The third kappa shape index (κ3) is 2.86.